The van der Waals surface area contributed by atoms with Crippen LogP contribution in [0.2, 0.25) is 0 Å². The molecule has 0 radical (unpaired) electrons. The SMILES string of the molecule is C/C(N)=C/c1cc(C)cc(CCC(F)F)c1N.C=C.CC.CP.Cc1ccc(-c2nc(C(CN)CF)cc3c2CCC3(CF)CF)cc1. The first-order valence-electron chi connectivity index (χ1n) is 16.2. The Labute approximate surface area is 287 Å². The number of alkyl halides is 5. The third-order valence-corrected chi connectivity index (χ3v) is 7.75. The van der Waals surface area contributed by atoms with Gasteiger partial charge in [0.05, 0.1) is 17.8 Å². The molecule has 4 nitrogen and oxygen atoms in total. The molecule has 3 aromatic rings. The van der Waals surface area contributed by atoms with Gasteiger partial charge in [0.25, 0.3) is 0 Å². The fraction of sp³-hybridized carbons (Fsp3) is 0.447. The number of hydrogen-bond acceptors (Lipinski definition) is 4. The van der Waals surface area contributed by atoms with Gasteiger partial charge >= 0.3 is 0 Å². The highest BCUT2D eigenvalue weighted by Gasteiger charge is 2.41. The minimum absolute atomic E-state index is 0.105. The third kappa shape index (κ3) is 12.3. The van der Waals surface area contributed by atoms with Crippen LogP contribution in [0.15, 0.2) is 61.3 Å². The summed E-state index contributed by atoms with van der Waals surface area (Å²) in [7, 11) is 2.42. The topological polar surface area (TPSA) is 91.0 Å². The lowest BCUT2D eigenvalue weighted by molar-refractivity contribution is 0.138. The molecule has 6 N–H and O–H groups in total. The normalized spacial score (nSPS) is 13.3. The van der Waals surface area contributed by atoms with E-state index in [0.29, 0.717) is 41.2 Å². The van der Waals surface area contributed by atoms with Gasteiger partial charge in [0.15, 0.2) is 0 Å². The first-order valence-corrected chi connectivity index (χ1v) is 17.3. The molecule has 0 saturated carbocycles. The Morgan fingerprint density at radius 1 is 1.00 bits per heavy atom. The molecule has 0 spiro atoms. The highest BCUT2D eigenvalue weighted by Crippen LogP contribution is 2.44. The largest absolute Gasteiger partial charge is 0.402 e. The molecule has 0 amide bonds. The number of aryl methyl sites for hydroxylation is 3. The summed E-state index contributed by atoms with van der Waals surface area (Å²) in [5, 5.41) is 0. The average Bonchev–Trinajstić information content (AvgIpc) is 3.48. The molecule has 1 heterocycles. The van der Waals surface area contributed by atoms with Crippen LogP contribution in [0, 0.1) is 13.8 Å². The second-order valence-corrected chi connectivity index (χ2v) is 11.2. The molecule has 0 aliphatic heterocycles. The standard InChI is InChI=1S/C20H23F3N2.C13H18F2N2.C2H6.C2H4.CH5P/c1-13-2-4-14(5-3-13)19-16-6-7-20(11-22,12-23)17(16)8-18(25-19)15(9-21)10-24;1-8-5-10(3-4-12(14)15)13(17)11(6-8)7-9(2)16;3*1-2/h2-5,8,15H,6-7,9-12,24H2,1H3;5-7,12H,3-4,16-17H2,1-2H3;1-2H3;1-2H2;2H2,1H3/b;9-7-;;;. The molecular weight excluding hydrogens is 638 g/mol. The summed E-state index contributed by atoms with van der Waals surface area (Å²) in [6.07, 6.45) is 0.553. The van der Waals surface area contributed by atoms with E-state index >= 15 is 0 Å². The van der Waals surface area contributed by atoms with E-state index in [4.69, 9.17) is 17.2 Å². The van der Waals surface area contributed by atoms with E-state index in [1.165, 1.54) is 0 Å². The molecule has 268 valence electrons. The maximum atomic E-state index is 13.8. The number of fused-ring (bicyclic) bond motifs is 1. The third-order valence-electron chi connectivity index (χ3n) is 7.75. The fourth-order valence-corrected chi connectivity index (χ4v) is 5.29. The predicted molar refractivity (Wildman–Crippen MR) is 200 cm³/mol. The van der Waals surface area contributed by atoms with Crippen molar-refractivity contribution in [2.75, 3.05) is 39.0 Å². The number of benzene rings is 2. The zero-order chi connectivity index (χ0) is 37.0. The summed E-state index contributed by atoms with van der Waals surface area (Å²) in [5.74, 6) is -0.563. The van der Waals surface area contributed by atoms with Gasteiger partial charge in [-0.05, 0) is 80.5 Å². The Balaban J connectivity index is 0.000000840. The highest BCUT2D eigenvalue weighted by atomic mass is 31.0. The van der Waals surface area contributed by atoms with Crippen LogP contribution < -0.4 is 17.2 Å². The Hall–Kier alpha value is -3.29. The smallest absolute Gasteiger partial charge is 0.239 e. The van der Waals surface area contributed by atoms with Crippen LogP contribution in [0.4, 0.5) is 27.6 Å². The number of pyridine rings is 1. The molecular formula is C38H56F5N4P. The number of halogens is 5. The van der Waals surface area contributed by atoms with Crippen LogP contribution in [-0.4, -0.2) is 44.6 Å². The lowest BCUT2D eigenvalue weighted by Crippen LogP contribution is -2.29. The molecule has 0 bridgehead atoms. The van der Waals surface area contributed by atoms with Crippen molar-refractivity contribution >= 4 is 21.0 Å². The van der Waals surface area contributed by atoms with Crippen LogP contribution in [0.1, 0.15) is 78.6 Å². The van der Waals surface area contributed by atoms with Gasteiger partial charge < -0.3 is 17.2 Å². The second-order valence-electron chi connectivity index (χ2n) is 11.2. The molecule has 2 atom stereocenters. The van der Waals surface area contributed by atoms with E-state index in [2.05, 4.69) is 27.4 Å². The quantitative estimate of drug-likeness (QED) is 0.0854. The van der Waals surface area contributed by atoms with Gasteiger partial charge in [-0.2, -0.15) is 0 Å². The zero-order valence-corrected chi connectivity index (χ0v) is 30.6. The van der Waals surface area contributed by atoms with E-state index < -0.39 is 37.8 Å². The number of anilines is 1. The van der Waals surface area contributed by atoms with Gasteiger partial charge in [0.2, 0.25) is 6.43 Å². The summed E-state index contributed by atoms with van der Waals surface area (Å²) in [5.41, 5.74) is 24.5. The van der Waals surface area contributed by atoms with Crippen LogP contribution in [0.25, 0.3) is 17.3 Å². The molecule has 2 unspecified atom stereocenters. The summed E-state index contributed by atoms with van der Waals surface area (Å²) in [6.45, 7) is 15.5. The second kappa shape index (κ2) is 23.1. The predicted octanol–water partition coefficient (Wildman–Crippen LogP) is 9.61. The zero-order valence-electron chi connectivity index (χ0n) is 29.5. The van der Waals surface area contributed by atoms with Crippen LogP contribution >= 0.6 is 9.24 Å². The maximum absolute atomic E-state index is 13.8. The number of nitrogens with two attached hydrogens (primary N) is 3. The van der Waals surface area contributed by atoms with Crippen LogP contribution in [0.5, 0.6) is 0 Å². The van der Waals surface area contributed by atoms with E-state index in [9.17, 15) is 22.0 Å². The number of nitrogens with zero attached hydrogens (tertiary/aromatic N) is 1. The first-order chi connectivity index (χ1) is 23.0. The van der Waals surface area contributed by atoms with Crippen LogP contribution in [-0.2, 0) is 18.3 Å². The van der Waals surface area contributed by atoms with Crippen molar-refractivity contribution in [3.63, 3.8) is 0 Å². The Kier molecular flexibility index (Phi) is 21.5. The molecule has 1 aliphatic rings. The van der Waals surface area contributed by atoms with Gasteiger partial charge in [-0.15, -0.1) is 22.4 Å². The molecule has 0 saturated heterocycles. The summed E-state index contributed by atoms with van der Waals surface area (Å²) in [6, 6.07) is 13.3. The van der Waals surface area contributed by atoms with Crippen molar-refractivity contribution in [1.82, 2.24) is 4.98 Å². The number of rotatable bonds is 10. The van der Waals surface area contributed by atoms with E-state index in [-0.39, 0.29) is 19.4 Å². The van der Waals surface area contributed by atoms with Gasteiger partial charge in [0, 0.05) is 41.5 Å². The van der Waals surface area contributed by atoms with Gasteiger partial charge in [-0.25, -0.2) is 8.78 Å². The number of hydrogen-bond donors (Lipinski definition) is 3. The molecule has 1 aliphatic carbocycles. The van der Waals surface area contributed by atoms with Crippen molar-refractivity contribution < 1.29 is 22.0 Å². The van der Waals surface area contributed by atoms with Crippen LogP contribution in [0.3, 0.4) is 0 Å². The van der Waals surface area contributed by atoms with E-state index in [0.717, 1.165) is 33.4 Å². The van der Waals surface area contributed by atoms with Crippen molar-refractivity contribution in [3.05, 3.63) is 100 Å². The molecule has 1 aromatic heterocycles. The minimum atomic E-state index is -2.30. The summed E-state index contributed by atoms with van der Waals surface area (Å²) < 4.78 is 65.3. The number of allylic oxidation sites excluding steroid dienone is 1. The minimum Gasteiger partial charge on any atom is -0.402 e. The van der Waals surface area contributed by atoms with Crippen molar-refractivity contribution in [3.8, 4) is 11.3 Å². The van der Waals surface area contributed by atoms with Gasteiger partial charge in [-0.3, -0.25) is 18.2 Å². The molecule has 0 fully saturated rings. The fourth-order valence-electron chi connectivity index (χ4n) is 5.29. The van der Waals surface area contributed by atoms with E-state index in [1.54, 1.807) is 19.1 Å². The molecule has 2 aromatic carbocycles. The van der Waals surface area contributed by atoms with E-state index in [1.807, 2.05) is 70.8 Å². The Morgan fingerprint density at radius 3 is 2.06 bits per heavy atom. The Morgan fingerprint density at radius 2 is 1.58 bits per heavy atom. The first kappa shape index (κ1) is 44.7. The average molecular weight is 695 g/mol. The molecule has 4 rings (SSSR count). The van der Waals surface area contributed by atoms with Gasteiger partial charge in [-0.1, -0.05) is 62.0 Å². The lowest BCUT2D eigenvalue weighted by atomic mass is 9.83. The lowest BCUT2D eigenvalue weighted by Gasteiger charge is -2.25. The number of aromatic nitrogens is 1. The highest BCUT2D eigenvalue weighted by molar-refractivity contribution is 7.15. The Bertz CT molecular complexity index is 1380. The number of nitrogen functional groups attached to an aromatic ring is 1. The molecule has 48 heavy (non-hydrogen) atoms. The van der Waals surface area contributed by atoms with Crippen molar-refractivity contribution in [2.24, 2.45) is 11.5 Å². The van der Waals surface area contributed by atoms with Crippen molar-refractivity contribution in [2.45, 2.75) is 78.1 Å². The summed E-state index contributed by atoms with van der Waals surface area (Å²) >= 11 is 0. The monoisotopic (exact) mass is 694 g/mol. The summed E-state index contributed by atoms with van der Waals surface area (Å²) in [4.78, 5) is 4.66. The van der Waals surface area contributed by atoms with Gasteiger partial charge in [0.1, 0.15) is 13.3 Å². The van der Waals surface area contributed by atoms with Crippen molar-refractivity contribution in [1.29, 1.82) is 0 Å². The maximum Gasteiger partial charge on any atom is 0.239 e. The molecule has 10 heteroatoms.